The van der Waals surface area contributed by atoms with Crippen molar-refractivity contribution >= 4 is 11.7 Å². The number of ketones is 1. The minimum absolute atomic E-state index is 0.0865. The Balaban J connectivity index is 2.19. The summed E-state index contributed by atoms with van der Waals surface area (Å²) in [5, 5.41) is 7.96. The van der Waals surface area contributed by atoms with Gasteiger partial charge in [0.2, 0.25) is 0 Å². The highest BCUT2D eigenvalue weighted by Gasteiger charge is 2.23. The molecular formula is C16H23N5O3. The van der Waals surface area contributed by atoms with Crippen LogP contribution in [0, 0.1) is 13.8 Å². The molecule has 0 bridgehead atoms. The van der Waals surface area contributed by atoms with Gasteiger partial charge in [0.15, 0.2) is 11.6 Å². The van der Waals surface area contributed by atoms with Crippen LogP contribution in [0.2, 0.25) is 0 Å². The minimum atomic E-state index is -0.157. The summed E-state index contributed by atoms with van der Waals surface area (Å²) >= 11 is 0. The van der Waals surface area contributed by atoms with Crippen LogP contribution in [0.4, 0.5) is 0 Å². The van der Waals surface area contributed by atoms with Crippen molar-refractivity contribution in [1.29, 1.82) is 0 Å². The predicted octanol–water partition coefficient (Wildman–Crippen LogP) is 1.34. The lowest BCUT2D eigenvalue weighted by Crippen LogP contribution is -2.28. The first-order valence-corrected chi connectivity index (χ1v) is 7.68. The van der Waals surface area contributed by atoms with Gasteiger partial charge in [0.1, 0.15) is 6.33 Å². The largest absolute Gasteiger partial charge is 0.383 e. The molecule has 2 aromatic rings. The lowest BCUT2D eigenvalue weighted by atomic mass is 10.1. The number of hydrogen-bond acceptors (Lipinski definition) is 5. The van der Waals surface area contributed by atoms with E-state index in [2.05, 4.69) is 15.2 Å². The lowest BCUT2D eigenvalue weighted by Gasteiger charge is -2.17. The normalized spacial score (nSPS) is 10.9. The Kier molecular flexibility index (Phi) is 5.50. The summed E-state index contributed by atoms with van der Waals surface area (Å²) in [7, 11) is 3.33. The number of rotatable bonds is 7. The lowest BCUT2D eigenvalue weighted by molar-refractivity contribution is 0.0778. The number of Topliss-reactive ketones (excluding diaryl/α,β-unsaturated/α-hetero) is 1. The van der Waals surface area contributed by atoms with Gasteiger partial charge in [0.25, 0.3) is 5.91 Å². The summed E-state index contributed by atoms with van der Waals surface area (Å²) in [6, 6.07) is 0. The number of nitrogens with one attached hydrogen (secondary N) is 1. The molecule has 8 nitrogen and oxygen atoms in total. The minimum Gasteiger partial charge on any atom is -0.383 e. The number of aryl methyl sites for hydroxylation is 1. The van der Waals surface area contributed by atoms with E-state index >= 15 is 0 Å². The molecule has 8 heteroatoms. The average Bonchev–Trinajstić information content (AvgIpc) is 3.08. The summed E-state index contributed by atoms with van der Waals surface area (Å²) in [5.41, 5.74) is 2.38. The Morgan fingerprint density at radius 2 is 2.08 bits per heavy atom. The van der Waals surface area contributed by atoms with Crippen LogP contribution in [0.15, 0.2) is 6.33 Å². The maximum atomic E-state index is 12.8. The predicted molar refractivity (Wildman–Crippen MR) is 88.0 cm³/mol. The number of ether oxygens (including phenoxy) is 1. The number of amides is 1. The molecule has 2 rings (SSSR count). The fourth-order valence-electron chi connectivity index (χ4n) is 2.68. The van der Waals surface area contributed by atoms with Crippen LogP contribution >= 0.6 is 0 Å². The van der Waals surface area contributed by atoms with Crippen LogP contribution in [-0.4, -0.2) is 57.1 Å². The first kappa shape index (κ1) is 17.9. The van der Waals surface area contributed by atoms with Gasteiger partial charge in [0.05, 0.1) is 24.4 Å². The Labute approximate surface area is 140 Å². The summed E-state index contributed by atoms with van der Waals surface area (Å²) in [6.45, 7) is 6.54. The fraction of sp³-hybridized carbons (Fsp3) is 0.500. The summed E-state index contributed by atoms with van der Waals surface area (Å²) in [4.78, 5) is 29.0. The Bertz CT molecular complexity index is 747. The summed E-state index contributed by atoms with van der Waals surface area (Å²) < 4.78 is 6.91. The molecule has 0 aliphatic rings. The van der Waals surface area contributed by atoms with Crippen LogP contribution in [0.25, 0.3) is 0 Å². The van der Waals surface area contributed by atoms with E-state index in [1.165, 1.54) is 6.92 Å². The molecule has 2 heterocycles. The third-order valence-electron chi connectivity index (χ3n) is 3.96. The number of aromatic amines is 1. The first-order valence-electron chi connectivity index (χ1n) is 7.68. The fourth-order valence-corrected chi connectivity index (χ4v) is 2.68. The number of hydrogen-bond donors (Lipinski definition) is 1. The number of nitrogens with zero attached hydrogens (tertiary/aromatic N) is 4. The monoisotopic (exact) mass is 333 g/mol. The number of carbonyl (C=O) groups excluding carboxylic acids is 2. The molecule has 130 valence electrons. The van der Waals surface area contributed by atoms with Crippen molar-refractivity contribution in [2.45, 2.75) is 33.9 Å². The molecule has 2 aromatic heterocycles. The maximum absolute atomic E-state index is 12.8. The quantitative estimate of drug-likeness (QED) is 0.772. The van der Waals surface area contributed by atoms with Crippen LogP contribution in [0.1, 0.15) is 44.9 Å². The van der Waals surface area contributed by atoms with Crippen molar-refractivity contribution in [3.8, 4) is 0 Å². The van der Waals surface area contributed by atoms with Gasteiger partial charge >= 0.3 is 0 Å². The van der Waals surface area contributed by atoms with Crippen molar-refractivity contribution in [1.82, 2.24) is 24.6 Å². The summed E-state index contributed by atoms with van der Waals surface area (Å²) in [5.74, 6) is 0.437. The van der Waals surface area contributed by atoms with Gasteiger partial charge in [-0.3, -0.25) is 9.59 Å². The second-order valence-electron chi connectivity index (χ2n) is 5.78. The molecule has 0 aliphatic heterocycles. The highest BCUT2D eigenvalue weighted by Crippen LogP contribution is 2.20. The van der Waals surface area contributed by atoms with Gasteiger partial charge in [0, 0.05) is 33.3 Å². The molecule has 0 saturated heterocycles. The topological polar surface area (TPSA) is 93.1 Å². The number of carbonyl (C=O) groups is 2. The van der Waals surface area contributed by atoms with E-state index in [1.807, 2.05) is 4.57 Å². The van der Waals surface area contributed by atoms with Gasteiger partial charge in [-0.15, -0.1) is 10.2 Å². The molecule has 0 atom stereocenters. The van der Waals surface area contributed by atoms with E-state index in [0.29, 0.717) is 48.0 Å². The summed E-state index contributed by atoms with van der Waals surface area (Å²) in [6.07, 6.45) is 1.62. The van der Waals surface area contributed by atoms with Crippen molar-refractivity contribution < 1.29 is 14.3 Å². The molecule has 1 amide bonds. The molecule has 0 aromatic carbocycles. The zero-order valence-electron chi connectivity index (χ0n) is 14.7. The third kappa shape index (κ3) is 3.53. The van der Waals surface area contributed by atoms with Crippen LogP contribution in [-0.2, 0) is 17.8 Å². The highest BCUT2D eigenvalue weighted by molar-refractivity contribution is 6.02. The van der Waals surface area contributed by atoms with E-state index in [9.17, 15) is 9.59 Å². The van der Waals surface area contributed by atoms with Crippen molar-refractivity contribution in [3.63, 3.8) is 0 Å². The second kappa shape index (κ2) is 7.39. The molecule has 0 radical (unpaired) electrons. The number of methoxy groups -OCH3 is 1. The van der Waals surface area contributed by atoms with Gasteiger partial charge in [-0.2, -0.15) is 0 Å². The molecule has 0 fully saturated rings. The Morgan fingerprint density at radius 1 is 1.38 bits per heavy atom. The SMILES string of the molecule is COCCn1cnnc1CN(C)C(=O)c1c(C)[nH]c(C(C)=O)c1C. The molecular weight excluding hydrogens is 310 g/mol. The van der Waals surface area contributed by atoms with Gasteiger partial charge in [-0.25, -0.2) is 0 Å². The zero-order chi connectivity index (χ0) is 17.9. The third-order valence-corrected chi connectivity index (χ3v) is 3.96. The van der Waals surface area contributed by atoms with Crippen LogP contribution in [0.5, 0.6) is 0 Å². The van der Waals surface area contributed by atoms with E-state index in [1.54, 1.807) is 39.2 Å². The van der Waals surface area contributed by atoms with E-state index in [4.69, 9.17) is 4.74 Å². The van der Waals surface area contributed by atoms with Gasteiger partial charge < -0.3 is 19.2 Å². The van der Waals surface area contributed by atoms with Crippen LogP contribution < -0.4 is 0 Å². The Hall–Kier alpha value is -2.48. The van der Waals surface area contributed by atoms with Gasteiger partial charge in [-0.1, -0.05) is 0 Å². The molecule has 0 saturated carbocycles. The van der Waals surface area contributed by atoms with Crippen molar-refractivity contribution in [2.75, 3.05) is 20.8 Å². The highest BCUT2D eigenvalue weighted by atomic mass is 16.5. The molecule has 0 unspecified atom stereocenters. The second-order valence-corrected chi connectivity index (χ2v) is 5.78. The maximum Gasteiger partial charge on any atom is 0.256 e. The van der Waals surface area contributed by atoms with Crippen LogP contribution in [0.3, 0.4) is 0 Å². The van der Waals surface area contributed by atoms with E-state index in [0.717, 1.165) is 0 Å². The van der Waals surface area contributed by atoms with E-state index < -0.39 is 0 Å². The number of aromatic nitrogens is 4. The van der Waals surface area contributed by atoms with E-state index in [-0.39, 0.29) is 11.7 Å². The average molecular weight is 333 g/mol. The van der Waals surface area contributed by atoms with Crippen molar-refractivity contribution in [2.24, 2.45) is 0 Å². The first-order chi connectivity index (χ1) is 11.4. The molecule has 1 N–H and O–H groups in total. The molecule has 24 heavy (non-hydrogen) atoms. The van der Waals surface area contributed by atoms with Crippen molar-refractivity contribution in [3.05, 3.63) is 34.7 Å². The van der Waals surface area contributed by atoms with Gasteiger partial charge in [-0.05, 0) is 19.4 Å². The molecule has 0 aliphatic carbocycles. The zero-order valence-corrected chi connectivity index (χ0v) is 14.7. The molecule has 0 spiro atoms. The number of H-pyrrole nitrogens is 1. The standard InChI is InChI=1S/C16H23N5O3/c1-10-14(11(2)18-15(10)12(3)22)16(23)20(4)8-13-19-17-9-21(13)6-7-24-5/h9,18H,6-8H2,1-5H3. The Morgan fingerprint density at radius 3 is 2.67 bits per heavy atom. The smallest absolute Gasteiger partial charge is 0.256 e.